The van der Waals surface area contributed by atoms with Crippen molar-refractivity contribution in [2.45, 2.75) is 19.3 Å². The Kier molecular flexibility index (Phi) is 6.68. The molecule has 0 unspecified atom stereocenters. The van der Waals surface area contributed by atoms with Crippen LogP contribution in [-0.2, 0) is 18.3 Å². The number of pyridine rings is 1. The maximum Gasteiger partial charge on any atom is 0.274 e. The van der Waals surface area contributed by atoms with Crippen LogP contribution in [0.3, 0.4) is 0 Å². The molecule has 1 N–H and O–H groups in total. The van der Waals surface area contributed by atoms with Crippen LogP contribution in [0.2, 0.25) is 0 Å². The van der Waals surface area contributed by atoms with Crippen molar-refractivity contribution in [1.29, 1.82) is 0 Å². The molecule has 0 spiro atoms. The van der Waals surface area contributed by atoms with Gasteiger partial charge in [-0.2, -0.15) is 5.10 Å². The van der Waals surface area contributed by atoms with Crippen molar-refractivity contribution >= 4 is 11.8 Å². The second-order valence-electron chi connectivity index (χ2n) is 8.56. The summed E-state index contributed by atoms with van der Waals surface area (Å²) in [6.45, 7) is 5.06. The number of benzene rings is 1. The van der Waals surface area contributed by atoms with Crippen molar-refractivity contribution < 1.29 is 9.59 Å². The number of nitrogens with zero attached hydrogens (tertiary/aromatic N) is 4. The van der Waals surface area contributed by atoms with Crippen LogP contribution in [0.4, 0.5) is 0 Å². The SMILES string of the molecule is C=CCNC(=O)[C@]1(Cc2ccccc2-c2cccnc2)CCCN(C(=O)c2ccn(C)n2)C1. The first-order valence-electron chi connectivity index (χ1n) is 11.2. The number of rotatable bonds is 7. The minimum absolute atomic E-state index is 0.0538. The van der Waals surface area contributed by atoms with Crippen LogP contribution < -0.4 is 5.32 Å². The molecular weight excluding hydrogens is 414 g/mol. The molecule has 3 heterocycles. The summed E-state index contributed by atoms with van der Waals surface area (Å²) >= 11 is 0. The van der Waals surface area contributed by atoms with E-state index in [0.717, 1.165) is 23.1 Å². The van der Waals surface area contributed by atoms with Crippen molar-refractivity contribution in [2.75, 3.05) is 19.6 Å². The number of aryl methyl sites for hydroxylation is 1. The van der Waals surface area contributed by atoms with E-state index in [-0.39, 0.29) is 11.8 Å². The summed E-state index contributed by atoms with van der Waals surface area (Å²) in [4.78, 5) is 32.7. The number of likely N-dealkylation sites (tertiary alicyclic amines) is 1. The topological polar surface area (TPSA) is 80.1 Å². The van der Waals surface area contributed by atoms with Crippen LogP contribution in [0.5, 0.6) is 0 Å². The average Bonchev–Trinajstić information content (AvgIpc) is 3.29. The minimum Gasteiger partial charge on any atom is -0.352 e. The molecule has 1 aliphatic rings. The average molecular weight is 444 g/mol. The molecule has 1 aliphatic heterocycles. The molecule has 33 heavy (non-hydrogen) atoms. The number of hydrogen-bond acceptors (Lipinski definition) is 4. The number of hydrogen-bond donors (Lipinski definition) is 1. The van der Waals surface area contributed by atoms with Crippen molar-refractivity contribution in [1.82, 2.24) is 25.0 Å². The van der Waals surface area contributed by atoms with E-state index < -0.39 is 5.41 Å². The molecule has 0 saturated carbocycles. The third-order valence-electron chi connectivity index (χ3n) is 6.20. The Morgan fingerprint density at radius 2 is 2.06 bits per heavy atom. The van der Waals surface area contributed by atoms with Gasteiger partial charge < -0.3 is 10.2 Å². The van der Waals surface area contributed by atoms with Crippen LogP contribution in [0.25, 0.3) is 11.1 Å². The van der Waals surface area contributed by atoms with E-state index in [1.165, 1.54) is 0 Å². The molecule has 3 aromatic rings. The van der Waals surface area contributed by atoms with E-state index in [9.17, 15) is 9.59 Å². The lowest BCUT2D eigenvalue weighted by atomic mass is 9.73. The van der Waals surface area contributed by atoms with Gasteiger partial charge in [-0.25, -0.2) is 0 Å². The Balaban J connectivity index is 1.68. The number of carbonyl (C=O) groups excluding carboxylic acids is 2. The van der Waals surface area contributed by atoms with Gasteiger partial charge in [0.2, 0.25) is 5.91 Å². The quantitative estimate of drug-likeness (QED) is 0.569. The fourth-order valence-corrected chi connectivity index (χ4v) is 4.60. The van der Waals surface area contributed by atoms with Crippen LogP contribution in [0.15, 0.2) is 73.7 Å². The van der Waals surface area contributed by atoms with Gasteiger partial charge in [-0.1, -0.05) is 36.4 Å². The smallest absolute Gasteiger partial charge is 0.274 e. The number of carbonyl (C=O) groups is 2. The zero-order chi connectivity index (χ0) is 23.3. The van der Waals surface area contributed by atoms with Gasteiger partial charge in [0, 0.05) is 50.8 Å². The number of amides is 2. The van der Waals surface area contributed by atoms with Gasteiger partial charge in [0.1, 0.15) is 5.69 Å². The first-order valence-corrected chi connectivity index (χ1v) is 11.2. The Morgan fingerprint density at radius 1 is 1.21 bits per heavy atom. The van der Waals surface area contributed by atoms with Crippen LogP contribution in [0.1, 0.15) is 28.9 Å². The lowest BCUT2D eigenvalue weighted by molar-refractivity contribution is -0.133. The Bertz CT molecular complexity index is 1140. The molecule has 170 valence electrons. The van der Waals surface area contributed by atoms with Gasteiger partial charge in [0.15, 0.2) is 0 Å². The number of nitrogens with one attached hydrogen (secondary N) is 1. The Labute approximate surface area is 194 Å². The van der Waals surface area contributed by atoms with E-state index in [4.69, 9.17) is 0 Å². The molecule has 4 rings (SSSR count). The lowest BCUT2D eigenvalue weighted by Gasteiger charge is -2.42. The molecular formula is C26H29N5O2. The first-order chi connectivity index (χ1) is 16.0. The van der Waals surface area contributed by atoms with E-state index in [1.807, 2.05) is 30.5 Å². The van der Waals surface area contributed by atoms with Gasteiger partial charge in [-0.15, -0.1) is 6.58 Å². The third kappa shape index (κ3) is 4.87. The highest BCUT2D eigenvalue weighted by molar-refractivity contribution is 5.93. The van der Waals surface area contributed by atoms with Crippen LogP contribution in [0, 0.1) is 5.41 Å². The predicted octanol–water partition coefficient (Wildman–Crippen LogP) is 3.25. The molecule has 2 aromatic heterocycles. The van der Waals surface area contributed by atoms with Gasteiger partial charge in [0.05, 0.1) is 5.41 Å². The molecule has 1 aromatic carbocycles. The summed E-state index contributed by atoms with van der Waals surface area (Å²) in [6, 6.07) is 13.7. The monoisotopic (exact) mass is 443 g/mol. The molecule has 0 radical (unpaired) electrons. The van der Waals surface area contributed by atoms with Crippen LogP contribution in [-0.4, -0.2) is 51.1 Å². The van der Waals surface area contributed by atoms with Crippen molar-refractivity contribution in [3.8, 4) is 11.1 Å². The fourth-order valence-electron chi connectivity index (χ4n) is 4.60. The van der Waals surface area contributed by atoms with E-state index in [2.05, 4.69) is 34.1 Å². The summed E-state index contributed by atoms with van der Waals surface area (Å²) in [6.07, 6.45) is 8.98. The molecule has 0 aliphatic carbocycles. The maximum absolute atomic E-state index is 13.5. The van der Waals surface area contributed by atoms with Gasteiger partial charge >= 0.3 is 0 Å². The van der Waals surface area contributed by atoms with Gasteiger partial charge in [-0.3, -0.25) is 19.3 Å². The number of aromatic nitrogens is 3. The summed E-state index contributed by atoms with van der Waals surface area (Å²) in [5.41, 5.74) is 2.77. The molecule has 1 fully saturated rings. The Hall–Kier alpha value is -3.74. The fraction of sp³-hybridized carbons (Fsp3) is 0.308. The molecule has 1 saturated heterocycles. The molecule has 7 heteroatoms. The second-order valence-corrected chi connectivity index (χ2v) is 8.56. The zero-order valence-electron chi connectivity index (χ0n) is 18.9. The summed E-state index contributed by atoms with van der Waals surface area (Å²) in [5, 5.41) is 7.27. The van der Waals surface area contributed by atoms with Crippen molar-refractivity contribution in [3.63, 3.8) is 0 Å². The van der Waals surface area contributed by atoms with E-state index in [1.54, 1.807) is 41.2 Å². The van der Waals surface area contributed by atoms with Crippen molar-refractivity contribution in [2.24, 2.45) is 12.5 Å². The first kappa shape index (κ1) is 22.5. The normalized spacial score (nSPS) is 18.0. The Morgan fingerprint density at radius 3 is 2.79 bits per heavy atom. The third-order valence-corrected chi connectivity index (χ3v) is 6.20. The standard InChI is InChI=1S/C26H29N5O2/c1-3-13-28-25(33)26(12-7-15-31(19-26)24(32)23-11-16-30(2)29-23)17-20-8-4-5-10-22(20)21-9-6-14-27-18-21/h3-6,8-11,14,16,18H,1,7,12-13,15,17,19H2,2H3,(H,28,33)/t26-/m0/s1. The van der Waals surface area contributed by atoms with E-state index in [0.29, 0.717) is 38.2 Å². The highest BCUT2D eigenvalue weighted by atomic mass is 16.2. The van der Waals surface area contributed by atoms with Crippen LogP contribution >= 0.6 is 0 Å². The van der Waals surface area contributed by atoms with E-state index >= 15 is 0 Å². The zero-order valence-corrected chi connectivity index (χ0v) is 18.9. The molecule has 1 atom stereocenters. The lowest BCUT2D eigenvalue weighted by Crippen LogP contribution is -2.54. The summed E-state index contributed by atoms with van der Waals surface area (Å²) < 4.78 is 1.62. The summed E-state index contributed by atoms with van der Waals surface area (Å²) in [7, 11) is 1.79. The second kappa shape index (κ2) is 9.81. The maximum atomic E-state index is 13.5. The molecule has 0 bridgehead atoms. The largest absolute Gasteiger partial charge is 0.352 e. The highest BCUT2D eigenvalue weighted by Crippen LogP contribution is 2.37. The highest BCUT2D eigenvalue weighted by Gasteiger charge is 2.44. The van der Waals surface area contributed by atoms with Crippen molar-refractivity contribution in [3.05, 3.63) is 85.0 Å². The molecule has 2 amide bonds. The van der Waals surface area contributed by atoms with Gasteiger partial charge in [0.25, 0.3) is 5.91 Å². The predicted molar refractivity (Wildman–Crippen MR) is 127 cm³/mol. The van der Waals surface area contributed by atoms with Gasteiger partial charge in [-0.05, 0) is 42.5 Å². The summed E-state index contributed by atoms with van der Waals surface area (Å²) in [5.74, 6) is -0.196. The minimum atomic E-state index is -0.746. The number of piperidine rings is 1. The molecule has 7 nitrogen and oxygen atoms in total.